The Morgan fingerprint density at radius 2 is 1.08 bits per heavy atom. The first-order chi connectivity index (χ1) is 5.10. The molecule has 0 spiro atoms. The van der Waals surface area contributed by atoms with E-state index in [2.05, 4.69) is 8.85 Å². The van der Waals surface area contributed by atoms with Gasteiger partial charge in [0.15, 0.2) is 0 Å². The molecule has 0 aromatic rings. The monoisotopic (exact) mass is 310 g/mol. The Bertz CT molecular complexity index is 153. The van der Waals surface area contributed by atoms with Gasteiger partial charge in [0.25, 0.3) is 0 Å². The molecule has 72 valence electrons. The second-order valence-electron chi connectivity index (χ2n) is 1.35. The second kappa shape index (κ2) is 4.73. The van der Waals surface area contributed by atoms with E-state index in [1.165, 1.54) is 0 Å². The second-order valence-corrected chi connectivity index (χ2v) is 6.61. The maximum absolute atomic E-state index is 10.7. The van der Waals surface area contributed by atoms with Crippen LogP contribution >= 0.6 is 69.6 Å². The van der Waals surface area contributed by atoms with E-state index in [0.717, 1.165) is 0 Å². The SMILES string of the molecule is O=[Si](OC(Cl)(Cl)Cl)OC(Cl)(Cl)Cl. The van der Waals surface area contributed by atoms with Gasteiger partial charge in [-0.3, -0.25) is 4.46 Å². The number of alkyl halides is 6. The van der Waals surface area contributed by atoms with Crippen molar-refractivity contribution in [3.05, 3.63) is 0 Å². The highest BCUT2D eigenvalue weighted by Crippen LogP contribution is 2.31. The number of hydrogen-bond acceptors (Lipinski definition) is 3. The molecule has 0 fully saturated rings. The van der Waals surface area contributed by atoms with Gasteiger partial charge in [0.05, 0.1) is 0 Å². The van der Waals surface area contributed by atoms with Crippen molar-refractivity contribution in [2.24, 2.45) is 0 Å². The predicted molar refractivity (Wildman–Crippen MR) is 49.2 cm³/mol. The van der Waals surface area contributed by atoms with Crippen LogP contribution in [-0.2, 0) is 13.3 Å². The molecule has 12 heavy (non-hydrogen) atoms. The third-order valence-electron chi connectivity index (χ3n) is 0.398. The van der Waals surface area contributed by atoms with Crippen molar-refractivity contribution >= 4 is 78.8 Å². The Kier molecular flexibility index (Phi) is 5.26. The largest absolute Gasteiger partial charge is 0.773 e. The Morgan fingerprint density at radius 3 is 1.25 bits per heavy atom. The van der Waals surface area contributed by atoms with E-state index >= 15 is 0 Å². The molecule has 0 heterocycles. The molecule has 0 aromatic carbocycles. The van der Waals surface area contributed by atoms with Crippen LogP contribution in [0.1, 0.15) is 0 Å². The number of rotatable bonds is 2. The zero-order valence-electron chi connectivity index (χ0n) is 4.99. The van der Waals surface area contributed by atoms with Crippen molar-refractivity contribution < 1.29 is 13.3 Å². The lowest BCUT2D eigenvalue weighted by molar-refractivity contribution is 0.165. The molecular weight excluding hydrogens is 313 g/mol. The van der Waals surface area contributed by atoms with E-state index in [1.54, 1.807) is 0 Å². The van der Waals surface area contributed by atoms with E-state index in [9.17, 15) is 4.46 Å². The molecule has 0 aliphatic rings. The lowest BCUT2D eigenvalue weighted by Crippen LogP contribution is -2.25. The molecule has 0 aliphatic heterocycles. The van der Waals surface area contributed by atoms with Gasteiger partial charge in [0.2, 0.25) is 0 Å². The minimum Gasteiger partial charge on any atom is -0.451 e. The molecule has 0 radical (unpaired) electrons. The zero-order valence-corrected chi connectivity index (χ0v) is 10.5. The summed E-state index contributed by atoms with van der Waals surface area (Å²) >= 11 is 30.5. The quantitative estimate of drug-likeness (QED) is 0.580. The van der Waals surface area contributed by atoms with Crippen molar-refractivity contribution in [1.82, 2.24) is 0 Å². The van der Waals surface area contributed by atoms with Crippen molar-refractivity contribution in [1.29, 1.82) is 0 Å². The van der Waals surface area contributed by atoms with Crippen molar-refractivity contribution in [2.75, 3.05) is 0 Å². The molecule has 0 bridgehead atoms. The van der Waals surface area contributed by atoms with Crippen LogP contribution in [-0.4, -0.2) is 17.1 Å². The van der Waals surface area contributed by atoms with E-state index in [-0.39, 0.29) is 0 Å². The lowest BCUT2D eigenvalue weighted by Gasteiger charge is -2.15. The predicted octanol–water partition coefficient (Wildman–Crippen LogP) is 3.09. The highest BCUT2D eigenvalue weighted by molar-refractivity contribution is 6.69. The van der Waals surface area contributed by atoms with Crippen molar-refractivity contribution in [2.45, 2.75) is 7.96 Å². The summed E-state index contributed by atoms with van der Waals surface area (Å²) in [6.45, 7) is 0. The molecular formula is C2Cl6O3Si. The highest BCUT2D eigenvalue weighted by atomic mass is 35.6. The molecule has 3 nitrogen and oxygen atoms in total. The maximum atomic E-state index is 10.7. The van der Waals surface area contributed by atoms with E-state index in [1.807, 2.05) is 0 Å². The molecule has 10 heteroatoms. The normalized spacial score (nSPS) is 12.5. The molecule has 0 rings (SSSR count). The van der Waals surface area contributed by atoms with Crippen LogP contribution in [0.5, 0.6) is 0 Å². The Balaban J connectivity index is 3.92. The fourth-order valence-corrected chi connectivity index (χ4v) is 1.76. The molecule has 0 unspecified atom stereocenters. The Hall–Kier alpha value is 1.36. The third-order valence-corrected chi connectivity index (χ3v) is 2.58. The van der Waals surface area contributed by atoms with Gasteiger partial charge < -0.3 is 8.85 Å². The number of hydrogen-bond donors (Lipinski definition) is 0. The van der Waals surface area contributed by atoms with Crippen molar-refractivity contribution in [3.8, 4) is 0 Å². The summed E-state index contributed by atoms with van der Waals surface area (Å²) in [5.41, 5.74) is 0. The van der Waals surface area contributed by atoms with E-state index < -0.39 is 17.1 Å². The van der Waals surface area contributed by atoms with Crippen LogP contribution in [0.2, 0.25) is 0 Å². The van der Waals surface area contributed by atoms with Crippen molar-refractivity contribution in [3.63, 3.8) is 0 Å². The topological polar surface area (TPSA) is 35.5 Å². The summed E-state index contributed by atoms with van der Waals surface area (Å²) in [6.07, 6.45) is 0. The van der Waals surface area contributed by atoms with Crippen LogP contribution in [0.4, 0.5) is 0 Å². The first-order valence-corrected chi connectivity index (χ1v) is 5.65. The average Bonchev–Trinajstić information content (AvgIpc) is 1.49. The highest BCUT2D eigenvalue weighted by Gasteiger charge is 2.35. The summed E-state index contributed by atoms with van der Waals surface area (Å²) in [5.74, 6) is 0. The molecule has 0 atom stereocenters. The maximum Gasteiger partial charge on any atom is 0.773 e. The van der Waals surface area contributed by atoms with Gasteiger partial charge in [0, 0.05) is 0 Å². The summed E-state index contributed by atoms with van der Waals surface area (Å²) in [6, 6.07) is 0. The van der Waals surface area contributed by atoms with Crippen LogP contribution in [0.3, 0.4) is 0 Å². The van der Waals surface area contributed by atoms with Crippen LogP contribution in [0.25, 0.3) is 0 Å². The van der Waals surface area contributed by atoms with E-state index in [4.69, 9.17) is 69.6 Å². The van der Waals surface area contributed by atoms with Crippen LogP contribution in [0, 0.1) is 0 Å². The molecule has 0 amide bonds. The number of halogens is 6. The summed E-state index contributed by atoms with van der Waals surface area (Å²) < 4.78 is 14.7. The van der Waals surface area contributed by atoms with Gasteiger partial charge in [-0.25, -0.2) is 0 Å². The first-order valence-electron chi connectivity index (χ1n) is 2.15. The Labute approximate surface area is 99.6 Å². The van der Waals surface area contributed by atoms with Crippen LogP contribution in [0.15, 0.2) is 0 Å². The average molecular weight is 313 g/mol. The van der Waals surface area contributed by atoms with Gasteiger partial charge >= 0.3 is 17.1 Å². The van der Waals surface area contributed by atoms with E-state index in [0.29, 0.717) is 0 Å². The van der Waals surface area contributed by atoms with Gasteiger partial charge in [-0.2, -0.15) is 0 Å². The third kappa shape index (κ3) is 9.44. The molecule has 0 aliphatic carbocycles. The summed E-state index contributed by atoms with van der Waals surface area (Å²) in [4.78, 5) is 0. The standard InChI is InChI=1S/C2Cl6O3Si/c3-1(4,5)10-12(9)11-2(6,7)8. The van der Waals surface area contributed by atoms with Gasteiger partial charge in [-0.05, 0) is 69.6 Å². The molecule has 0 aromatic heterocycles. The summed E-state index contributed by atoms with van der Waals surface area (Å²) in [5, 5.41) is 0. The first kappa shape index (κ1) is 13.4. The fraction of sp³-hybridized carbons (Fsp3) is 1.00. The molecule has 0 saturated carbocycles. The fourth-order valence-electron chi connectivity index (χ4n) is 0.210. The molecule has 0 N–H and O–H groups in total. The minimum absolute atomic E-state index is 2.16. The van der Waals surface area contributed by atoms with Gasteiger partial charge in [-0.1, -0.05) is 0 Å². The summed E-state index contributed by atoms with van der Waals surface area (Å²) in [7, 11) is -3.15. The zero-order chi connectivity index (χ0) is 9.99. The molecule has 0 saturated heterocycles. The lowest BCUT2D eigenvalue weighted by atomic mass is 11.6. The smallest absolute Gasteiger partial charge is 0.451 e. The van der Waals surface area contributed by atoms with Gasteiger partial charge in [-0.15, -0.1) is 0 Å². The minimum atomic E-state index is -3.15. The van der Waals surface area contributed by atoms with Gasteiger partial charge in [0.1, 0.15) is 0 Å². The van der Waals surface area contributed by atoms with Crippen LogP contribution < -0.4 is 0 Å². The Morgan fingerprint density at radius 1 is 0.833 bits per heavy atom.